The van der Waals surface area contributed by atoms with Crippen LogP contribution in [-0.4, -0.2) is 19.0 Å². The maximum atomic E-state index is 12.4. The molecule has 1 saturated heterocycles. The van der Waals surface area contributed by atoms with Gasteiger partial charge in [-0.25, -0.2) is 0 Å². The van der Waals surface area contributed by atoms with E-state index in [0.29, 0.717) is 5.92 Å². The first-order valence-corrected chi connectivity index (χ1v) is 7.40. The van der Waals surface area contributed by atoms with Crippen LogP contribution in [0.3, 0.4) is 0 Å². The van der Waals surface area contributed by atoms with Crippen molar-refractivity contribution in [3.05, 3.63) is 35.9 Å². The van der Waals surface area contributed by atoms with Crippen molar-refractivity contribution in [3.63, 3.8) is 0 Å². The Morgan fingerprint density at radius 1 is 1.21 bits per heavy atom. The summed E-state index contributed by atoms with van der Waals surface area (Å²) in [4.78, 5) is 12.4. The predicted octanol–water partition coefficient (Wildman–Crippen LogP) is 2.25. The van der Waals surface area contributed by atoms with E-state index in [0.717, 1.165) is 25.9 Å². The van der Waals surface area contributed by atoms with Crippen molar-refractivity contribution in [3.8, 4) is 0 Å². The predicted molar refractivity (Wildman–Crippen MR) is 75.6 cm³/mol. The quantitative estimate of drug-likeness (QED) is 0.869. The Morgan fingerprint density at radius 3 is 2.63 bits per heavy atom. The summed E-state index contributed by atoms with van der Waals surface area (Å²) in [5, 5.41) is 6.60. The lowest BCUT2D eigenvalue weighted by Crippen LogP contribution is -2.42. The van der Waals surface area contributed by atoms with Crippen molar-refractivity contribution in [2.24, 2.45) is 11.8 Å². The fourth-order valence-corrected chi connectivity index (χ4v) is 2.91. The molecular formula is C16H22N2O. The largest absolute Gasteiger partial charge is 0.349 e. The van der Waals surface area contributed by atoms with E-state index < -0.39 is 0 Å². The molecule has 2 aliphatic rings. The number of carbonyl (C=O) groups is 1. The van der Waals surface area contributed by atoms with Gasteiger partial charge in [0.25, 0.3) is 0 Å². The van der Waals surface area contributed by atoms with E-state index in [1.165, 1.54) is 18.4 Å². The summed E-state index contributed by atoms with van der Waals surface area (Å²) in [5.74, 6) is 1.02. The van der Waals surface area contributed by atoms with Gasteiger partial charge in [-0.05, 0) is 43.7 Å². The highest BCUT2D eigenvalue weighted by molar-refractivity contribution is 5.79. The molecule has 1 aromatic carbocycles. The number of piperidine rings is 1. The van der Waals surface area contributed by atoms with Crippen LogP contribution in [0.5, 0.6) is 0 Å². The van der Waals surface area contributed by atoms with Crippen molar-refractivity contribution >= 4 is 5.91 Å². The number of rotatable bonds is 4. The van der Waals surface area contributed by atoms with Crippen LogP contribution in [0.4, 0.5) is 0 Å². The van der Waals surface area contributed by atoms with Gasteiger partial charge in [0, 0.05) is 6.54 Å². The average Bonchev–Trinajstić information content (AvgIpc) is 3.31. The molecule has 1 unspecified atom stereocenters. The van der Waals surface area contributed by atoms with Gasteiger partial charge < -0.3 is 10.6 Å². The lowest BCUT2D eigenvalue weighted by atomic mass is 9.96. The number of hydrogen-bond acceptors (Lipinski definition) is 2. The van der Waals surface area contributed by atoms with Crippen LogP contribution >= 0.6 is 0 Å². The number of carbonyl (C=O) groups excluding carboxylic acids is 1. The molecule has 1 heterocycles. The molecule has 2 fully saturated rings. The average molecular weight is 258 g/mol. The highest BCUT2D eigenvalue weighted by Gasteiger charge is 2.34. The summed E-state index contributed by atoms with van der Waals surface area (Å²) >= 11 is 0. The van der Waals surface area contributed by atoms with E-state index in [-0.39, 0.29) is 17.9 Å². The second kappa shape index (κ2) is 5.74. The molecule has 1 aliphatic heterocycles. The van der Waals surface area contributed by atoms with E-state index in [2.05, 4.69) is 34.9 Å². The fraction of sp³-hybridized carbons (Fsp3) is 0.562. The van der Waals surface area contributed by atoms with Gasteiger partial charge in [-0.2, -0.15) is 0 Å². The standard InChI is InChI=1S/C16H22N2O/c19-16(14-7-4-10-17-11-14)18-15(13-8-9-13)12-5-2-1-3-6-12/h1-3,5-6,13-15,17H,4,7-11H2,(H,18,19)/t14-,15?/m0/s1. The zero-order valence-electron chi connectivity index (χ0n) is 11.3. The Labute approximate surface area is 114 Å². The van der Waals surface area contributed by atoms with Crippen molar-refractivity contribution in [1.82, 2.24) is 10.6 Å². The number of nitrogens with one attached hydrogen (secondary N) is 2. The van der Waals surface area contributed by atoms with E-state index in [1.807, 2.05) is 6.07 Å². The van der Waals surface area contributed by atoms with Gasteiger partial charge in [-0.1, -0.05) is 30.3 Å². The smallest absolute Gasteiger partial charge is 0.224 e. The Hall–Kier alpha value is -1.35. The van der Waals surface area contributed by atoms with Gasteiger partial charge in [0.1, 0.15) is 0 Å². The van der Waals surface area contributed by atoms with Crippen LogP contribution in [0, 0.1) is 11.8 Å². The van der Waals surface area contributed by atoms with Crippen molar-refractivity contribution in [2.75, 3.05) is 13.1 Å². The molecule has 1 amide bonds. The first-order valence-electron chi connectivity index (χ1n) is 7.40. The van der Waals surface area contributed by atoms with Crippen molar-refractivity contribution in [1.29, 1.82) is 0 Å². The molecule has 0 radical (unpaired) electrons. The van der Waals surface area contributed by atoms with Gasteiger partial charge in [0.05, 0.1) is 12.0 Å². The monoisotopic (exact) mass is 258 g/mol. The van der Waals surface area contributed by atoms with Gasteiger partial charge in [0.15, 0.2) is 0 Å². The van der Waals surface area contributed by atoms with E-state index in [4.69, 9.17) is 0 Å². The van der Waals surface area contributed by atoms with E-state index in [1.54, 1.807) is 0 Å². The number of amides is 1. The minimum Gasteiger partial charge on any atom is -0.349 e. The highest BCUT2D eigenvalue weighted by atomic mass is 16.2. The van der Waals surface area contributed by atoms with E-state index >= 15 is 0 Å². The lowest BCUT2D eigenvalue weighted by Gasteiger charge is -2.25. The van der Waals surface area contributed by atoms with Crippen molar-refractivity contribution < 1.29 is 4.79 Å². The van der Waals surface area contributed by atoms with Crippen LogP contribution in [0.25, 0.3) is 0 Å². The maximum Gasteiger partial charge on any atom is 0.224 e. The third-order valence-corrected chi connectivity index (χ3v) is 4.22. The summed E-state index contributed by atoms with van der Waals surface area (Å²) < 4.78 is 0. The molecule has 102 valence electrons. The highest BCUT2D eigenvalue weighted by Crippen LogP contribution is 2.41. The van der Waals surface area contributed by atoms with Crippen LogP contribution in [0.15, 0.2) is 30.3 Å². The van der Waals surface area contributed by atoms with Crippen LogP contribution in [-0.2, 0) is 4.79 Å². The first-order chi connectivity index (χ1) is 9.34. The normalized spacial score (nSPS) is 24.7. The summed E-state index contributed by atoms with van der Waals surface area (Å²) in [7, 11) is 0. The third-order valence-electron chi connectivity index (χ3n) is 4.22. The lowest BCUT2D eigenvalue weighted by molar-refractivity contribution is -0.126. The molecule has 0 aromatic heterocycles. The Balaban J connectivity index is 1.66. The molecule has 1 aromatic rings. The molecule has 2 N–H and O–H groups in total. The molecule has 2 atom stereocenters. The zero-order valence-corrected chi connectivity index (χ0v) is 11.3. The SMILES string of the molecule is O=C(NC(c1ccccc1)C1CC1)[C@H]1CCCNC1. The minimum atomic E-state index is 0.152. The maximum absolute atomic E-state index is 12.4. The topological polar surface area (TPSA) is 41.1 Å². The molecule has 1 aliphatic carbocycles. The Bertz CT molecular complexity index is 422. The molecule has 0 spiro atoms. The summed E-state index contributed by atoms with van der Waals surface area (Å²) in [5.41, 5.74) is 1.25. The third kappa shape index (κ3) is 3.16. The molecule has 0 bridgehead atoms. The number of benzene rings is 1. The van der Waals surface area contributed by atoms with Gasteiger partial charge in [-0.15, -0.1) is 0 Å². The second-order valence-electron chi connectivity index (χ2n) is 5.78. The number of hydrogen-bond donors (Lipinski definition) is 2. The van der Waals surface area contributed by atoms with Crippen LogP contribution in [0.2, 0.25) is 0 Å². The Kier molecular flexibility index (Phi) is 3.83. The van der Waals surface area contributed by atoms with Crippen molar-refractivity contribution in [2.45, 2.75) is 31.7 Å². The summed E-state index contributed by atoms with van der Waals surface area (Å²) in [6.07, 6.45) is 4.61. The molecule has 3 nitrogen and oxygen atoms in total. The second-order valence-corrected chi connectivity index (χ2v) is 5.78. The summed E-state index contributed by atoms with van der Waals surface area (Å²) in [6.45, 7) is 1.88. The molecule has 1 saturated carbocycles. The molecule has 3 heteroatoms. The first kappa shape index (κ1) is 12.7. The van der Waals surface area contributed by atoms with Gasteiger partial charge in [0.2, 0.25) is 5.91 Å². The van der Waals surface area contributed by atoms with Crippen LogP contribution in [0.1, 0.15) is 37.3 Å². The van der Waals surface area contributed by atoms with Crippen LogP contribution < -0.4 is 10.6 Å². The zero-order chi connectivity index (χ0) is 13.1. The van der Waals surface area contributed by atoms with Gasteiger partial charge >= 0.3 is 0 Å². The van der Waals surface area contributed by atoms with Gasteiger partial charge in [-0.3, -0.25) is 4.79 Å². The molecular weight excluding hydrogens is 236 g/mol. The molecule has 3 rings (SSSR count). The molecule has 19 heavy (non-hydrogen) atoms. The summed E-state index contributed by atoms with van der Waals surface area (Å²) in [6, 6.07) is 10.6. The Morgan fingerprint density at radius 2 is 2.00 bits per heavy atom. The minimum absolute atomic E-state index is 0.152. The van der Waals surface area contributed by atoms with E-state index in [9.17, 15) is 4.79 Å². The fourth-order valence-electron chi connectivity index (χ4n) is 2.91.